The molecule has 0 aliphatic heterocycles. The molecule has 6 nitrogen and oxygen atoms in total. The number of amides is 1. The van der Waals surface area contributed by atoms with E-state index >= 15 is 0 Å². The Labute approximate surface area is 160 Å². The second-order valence-electron chi connectivity index (χ2n) is 6.51. The van der Waals surface area contributed by atoms with Crippen LogP contribution >= 0.6 is 11.8 Å². The first kappa shape index (κ1) is 17.5. The van der Waals surface area contributed by atoms with E-state index in [1.807, 2.05) is 63.2 Å². The number of para-hydroxylation sites is 1. The first-order chi connectivity index (χ1) is 13.0. The summed E-state index contributed by atoms with van der Waals surface area (Å²) in [6, 6.07) is 13.8. The van der Waals surface area contributed by atoms with Crippen LogP contribution in [0.1, 0.15) is 18.1 Å². The smallest absolute Gasteiger partial charge is 0.237 e. The van der Waals surface area contributed by atoms with E-state index in [1.165, 1.54) is 17.3 Å². The maximum Gasteiger partial charge on any atom is 0.237 e. The van der Waals surface area contributed by atoms with E-state index < -0.39 is 0 Å². The number of H-pyrrole nitrogens is 1. The SMILES string of the molecule is Cc1ccc(NC(=O)[C@@H](C)Sc2nnc3c(n2)[nH]c2ccccc23)cc1C. The van der Waals surface area contributed by atoms with Crippen LogP contribution in [0.3, 0.4) is 0 Å². The van der Waals surface area contributed by atoms with E-state index in [0.717, 1.165) is 27.7 Å². The van der Waals surface area contributed by atoms with Gasteiger partial charge >= 0.3 is 0 Å². The monoisotopic (exact) mass is 377 g/mol. The van der Waals surface area contributed by atoms with Gasteiger partial charge in [-0.2, -0.15) is 0 Å². The fourth-order valence-corrected chi connectivity index (χ4v) is 3.54. The molecule has 27 heavy (non-hydrogen) atoms. The Morgan fingerprint density at radius 3 is 2.74 bits per heavy atom. The van der Waals surface area contributed by atoms with Gasteiger partial charge in [-0.25, -0.2) is 4.98 Å². The quantitative estimate of drug-likeness (QED) is 0.520. The summed E-state index contributed by atoms with van der Waals surface area (Å²) in [7, 11) is 0. The second-order valence-corrected chi connectivity index (χ2v) is 7.82. The molecule has 0 fully saturated rings. The molecule has 2 N–H and O–H groups in total. The van der Waals surface area contributed by atoms with Gasteiger partial charge in [0.25, 0.3) is 0 Å². The molecular formula is C20H19N5OS. The number of hydrogen-bond donors (Lipinski definition) is 2. The van der Waals surface area contributed by atoms with Crippen LogP contribution in [0.15, 0.2) is 47.6 Å². The van der Waals surface area contributed by atoms with Crippen molar-refractivity contribution in [2.24, 2.45) is 0 Å². The Bertz CT molecular complexity index is 1150. The summed E-state index contributed by atoms with van der Waals surface area (Å²) in [6.45, 7) is 5.90. The summed E-state index contributed by atoms with van der Waals surface area (Å²) in [5.74, 6) is -0.0939. The Kier molecular flexibility index (Phi) is 4.53. The maximum absolute atomic E-state index is 12.5. The van der Waals surface area contributed by atoms with Gasteiger partial charge in [0, 0.05) is 16.6 Å². The van der Waals surface area contributed by atoms with Gasteiger partial charge in [0.05, 0.1) is 5.25 Å². The average Bonchev–Trinajstić information content (AvgIpc) is 3.02. The summed E-state index contributed by atoms with van der Waals surface area (Å²) < 4.78 is 0. The van der Waals surface area contributed by atoms with Crippen LogP contribution in [0.25, 0.3) is 22.1 Å². The van der Waals surface area contributed by atoms with Gasteiger partial charge in [-0.1, -0.05) is 36.0 Å². The van der Waals surface area contributed by atoms with Crippen LogP contribution in [0.5, 0.6) is 0 Å². The zero-order valence-corrected chi connectivity index (χ0v) is 16.1. The maximum atomic E-state index is 12.5. The van der Waals surface area contributed by atoms with Crippen molar-refractivity contribution in [3.8, 4) is 0 Å². The largest absolute Gasteiger partial charge is 0.338 e. The molecule has 136 valence electrons. The molecule has 4 aromatic rings. The van der Waals surface area contributed by atoms with Crippen LogP contribution in [0.2, 0.25) is 0 Å². The third kappa shape index (κ3) is 3.50. The fraction of sp³-hybridized carbons (Fsp3) is 0.200. The molecule has 2 aromatic heterocycles. The molecule has 0 spiro atoms. The number of fused-ring (bicyclic) bond motifs is 3. The number of nitrogens with one attached hydrogen (secondary N) is 2. The van der Waals surface area contributed by atoms with E-state index in [9.17, 15) is 4.79 Å². The minimum Gasteiger partial charge on any atom is -0.338 e. The van der Waals surface area contributed by atoms with Crippen molar-refractivity contribution in [3.63, 3.8) is 0 Å². The van der Waals surface area contributed by atoms with Gasteiger partial charge in [-0.05, 0) is 50.1 Å². The lowest BCUT2D eigenvalue weighted by atomic mass is 10.1. The first-order valence-corrected chi connectivity index (χ1v) is 9.55. The van der Waals surface area contributed by atoms with Gasteiger partial charge < -0.3 is 10.3 Å². The number of thioether (sulfide) groups is 1. The van der Waals surface area contributed by atoms with Crippen molar-refractivity contribution in [1.29, 1.82) is 0 Å². The van der Waals surface area contributed by atoms with Crippen LogP contribution in [-0.2, 0) is 4.79 Å². The zero-order chi connectivity index (χ0) is 19.0. The van der Waals surface area contributed by atoms with Crippen molar-refractivity contribution in [2.45, 2.75) is 31.2 Å². The van der Waals surface area contributed by atoms with Crippen LogP contribution in [0, 0.1) is 13.8 Å². The molecule has 0 aliphatic carbocycles. The molecule has 1 atom stereocenters. The number of hydrogen-bond acceptors (Lipinski definition) is 5. The molecule has 7 heteroatoms. The standard InChI is InChI=1S/C20H19N5OS/c1-11-8-9-14(10-12(11)2)21-19(26)13(3)27-20-23-18-17(24-25-20)15-6-4-5-7-16(15)22-18/h4-10,13H,1-3H3,(H,21,26)(H,22,23,25)/t13-/m1/s1. The first-order valence-electron chi connectivity index (χ1n) is 8.67. The molecule has 0 bridgehead atoms. The van der Waals surface area contributed by atoms with Crippen molar-refractivity contribution in [1.82, 2.24) is 20.2 Å². The minimum atomic E-state index is -0.352. The van der Waals surface area contributed by atoms with E-state index in [0.29, 0.717) is 10.8 Å². The fourth-order valence-electron chi connectivity index (χ4n) is 2.83. The number of anilines is 1. The minimum absolute atomic E-state index is 0.0939. The molecule has 0 unspecified atom stereocenters. The molecule has 4 rings (SSSR count). The topological polar surface area (TPSA) is 83.6 Å². The third-order valence-corrected chi connectivity index (χ3v) is 5.48. The molecule has 2 heterocycles. The van der Waals surface area contributed by atoms with E-state index in [2.05, 4.69) is 25.5 Å². The van der Waals surface area contributed by atoms with Crippen LogP contribution < -0.4 is 5.32 Å². The predicted molar refractivity (Wildman–Crippen MR) is 109 cm³/mol. The summed E-state index contributed by atoms with van der Waals surface area (Å²) in [4.78, 5) is 20.3. The van der Waals surface area contributed by atoms with Gasteiger partial charge in [0.2, 0.25) is 11.1 Å². The van der Waals surface area contributed by atoms with E-state index in [-0.39, 0.29) is 11.2 Å². The molecule has 0 saturated carbocycles. The second kappa shape index (κ2) is 7.00. The lowest BCUT2D eigenvalue weighted by molar-refractivity contribution is -0.115. The Balaban J connectivity index is 1.51. The highest BCUT2D eigenvalue weighted by molar-refractivity contribution is 8.00. The van der Waals surface area contributed by atoms with Gasteiger partial charge in [-0.3, -0.25) is 4.79 Å². The summed E-state index contributed by atoms with van der Waals surface area (Å²) in [6.07, 6.45) is 0. The number of aryl methyl sites for hydroxylation is 2. The number of aromatic nitrogens is 4. The predicted octanol–water partition coefficient (Wildman–Crippen LogP) is 4.24. The van der Waals surface area contributed by atoms with Gasteiger partial charge in [0.1, 0.15) is 5.52 Å². The molecule has 2 aromatic carbocycles. The third-order valence-electron chi connectivity index (χ3n) is 4.53. The zero-order valence-electron chi connectivity index (χ0n) is 15.3. The van der Waals surface area contributed by atoms with E-state index in [4.69, 9.17) is 0 Å². The number of rotatable bonds is 4. The highest BCUT2D eigenvalue weighted by Gasteiger charge is 2.18. The summed E-state index contributed by atoms with van der Waals surface area (Å²) in [5, 5.41) is 12.5. The molecule has 0 radical (unpaired) electrons. The number of nitrogens with zero attached hydrogens (tertiary/aromatic N) is 3. The molecule has 0 saturated heterocycles. The number of carbonyl (C=O) groups excluding carboxylic acids is 1. The number of carbonyl (C=O) groups is 1. The highest BCUT2D eigenvalue weighted by atomic mass is 32.2. The van der Waals surface area contributed by atoms with Crippen molar-refractivity contribution in [2.75, 3.05) is 5.32 Å². The van der Waals surface area contributed by atoms with Gasteiger partial charge in [-0.15, -0.1) is 10.2 Å². The molecular weight excluding hydrogens is 358 g/mol. The normalized spacial score (nSPS) is 12.4. The van der Waals surface area contributed by atoms with Crippen LogP contribution in [-0.4, -0.2) is 31.3 Å². The van der Waals surface area contributed by atoms with Crippen LogP contribution in [0.4, 0.5) is 5.69 Å². The summed E-state index contributed by atoms with van der Waals surface area (Å²) in [5.41, 5.74) is 5.52. The number of benzene rings is 2. The summed E-state index contributed by atoms with van der Waals surface area (Å²) >= 11 is 1.29. The molecule has 0 aliphatic rings. The Hall–Kier alpha value is -2.93. The number of aromatic amines is 1. The lowest BCUT2D eigenvalue weighted by Crippen LogP contribution is -2.22. The lowest BCUT2D eigenvalue weighted by Gasteiger charge is -2.12. The Morgan fingerprint density at radius 2 is 1.93 bits per heavy atom. The highest BCUT2D eigenvalue weighted by Crippen LogP contribution is 2.25. The van der Waals surface area contributed by atoms with E-state index in [1.54, 1.807) is 0 Å². The van der Waals surface area contributed by atoms with Crippen molar-refractivity contribution in [3.05, 3.63) is 53.6 Å². The van der Waals surface area contributed by atoms with Crippen molar-refractivity contribution < 1.29 is 4.79 Å². The Morgan fingerprint density at radius 1 is 1.11 bits per heavy atom. The van der Waals surface area contributed by atoms with Crippen molar-refractivity contribution >= 4 is 45.4 Å². The van der Waals surface area contributed by atoms with Gasteiger partial charge in [0.15, 0.2) is 5.65 Å². The molecule has 1 amide bonds. The average molecular weight is 377 g/mol.